The van der Waals surface area contributed by atoms with Crippen LogP contribution in [0.1, 0.15) is 17.0 Å². The van der Waals surface area contributed by atoms with Gasteiger partial charge in [0.1, 0.15) is 5.82 Å². The van der Waals surface area contributed by atoms with Crippen LogP contribution in [0.5, 0.6) is 0 Å². The summed E-state index contributed by atoms with van der Waals surface area (Å²) in [6, 6.07) is 17.9. The molecule has 2 aromatic carbocycles. The molecule has 0 radical (unpaired) electrons. The Labute approximate surface area is 161 Å². The fourth-order valence-electron chi connectivity index (χ4n) is 2.92. The summed E-state index contributed by atoms with van der Waals surface area (Å²) >= 11 is 6.15. The molecule has 6 nitrogen and oxygen atoms in total. The van der Waals surface area contributed by atoms with Crippen LogP contribution >= 0.6 is 11.6 Å². The van der Waals surface area contributed by atoms with Crippen molar-refractivity contribution < 1.29 is 0 Å². The highest BCUT2D eigenvalue weighted by atomic mass is 35.5. The molecule has 0 bridgehead atoms. The third-order valence-electron chi connectivity index (χ3n) is 4.09. The zero-order valence-corrected chi connectivity index (χ0v) is 15.6. The van der Waals surface area contributed by atoms with E-state index in [1.54, 1.807) is 6.21 Å². The molecule has 0 unspecified atom stereocenters. The van der Waals surface area contributed by atoms with Crippen molar-refractivity contribution in [2.45, 2.75) is 13.8 Å². The molecule has 0 saturated heterocycles. The zero-order chi connectivity index (χ0) is 18.8. The highest BCUT2D eigenvalue weighted by Crippen LogP contribution is 2.25. The molecule has 0 amide bonds. The number of rotatable bonds is 4. The van der Waals surface area contributed by atoms with Crippen LogP contribution in [0.25, 0.3) is 16.9 Å². The minimum absolute atomic E-state index is 0.132. The number of nitrogens with zero attached hydrogens (tertiary/aromatic N) is 5. The van der Waals surface area contributed by atoms with Crippen molar-refractivity contribution in [1.82, 2.24) is 19.5 Å². The number of hydrogen-bond acceptors (Lipinski definition) is 5. The molecular formula is C20H17ClN6. The molecule has 4 rings (SSSR count). The fourth-order valence-corrected chi connectivity index (χ4v) is 3.09. The van der Waals surface area contributed by atoms with Crippen LogP contribution in [0.4, 0.5) is 5.82 Å². The van der Waals surface area contributed by atoms with Crippen LogP contribution in [0.15, 0.2) is 59.7 Å². The third-order valence-corrected chi connectivity index (χ3v) is 4.26. The molecule has 0 spiro atoms. The van der Waals surface area contributed by atoms with Crippen molar-refractivity contribution in [1.29, 1.82) is 0 Å². The maximum Gasteiger partial charge on any atom is 0.226 e. The first kappa shape index (κ1) is 17.2. The number of aromatic nitrogens is 4. The van der Waals surface area contributed by atoms with Crippen LogP contribution in [0.2, 0.25) is 5.28 Å². The molecule has 1 N–H and O–H groups in total. The van der Waals surface area contributed by atoms with Gasteiger partial charge in [0.2, 0.25) is 5.28 Å². The highest BCUT2D eigenvalue weighted by Gasteiger charge is 2.16. The van der Waals surface area contributed by atoms with Gasteiger partial charge in [0.05, 0.1) is 6.21 Å². The van der Waals surface area contributed by atoms with Gasteiger partial charge in [-0.15, -0.1) is 0 Å². The molecule has 0 fully saturated rings. The van der Waals surface area contributed by atoms with Gasteiger partial charge in [0.15, 0.2) is 17.0 Å². The second kappa shape index (κ2) is 7.17. The van der Waals surface area contributed by atoms with Crippen LogP contribution in [-0.4, -0.2) is 25.7 Å². The van der Waals surface area contributed by atoms with Gasteiger partial charge >= 0.3 is 0 Å². The van der Waals surface area contributed by atoms with E-state index in [0.29, 0.717) is 17.0 Å². The summed E-state index contributed by atoms with van der Waals surface area (Å²) in [6.45, 7) is 3.96. The summed E-state index contributed by atoms with van der Waals surface area (Å²) < 4.78 is 1.94. The van der Waals surface area contributed by atoms with Crippen LogP contribution in [-0.2, 0) is 0 Å². The molecule has 0 saturated carbocycles. The van der Waals surface area contributed by atoms with Crippen molar-refractivity contribution in [3.63, 3.8) is 0 Å². The van der Waals surface area contributed by atoms with Gasteiger partial charge in [0, 0.05) is 5.69 Å². The Kier molecular flexibility index (Phi) is 4.56. The third kappa shape index (κ3) is 3.52. The van der Waals surface area contributed by atoms with E-state index < -0.39 is 0 Å². The Morgan fingerprint density at radius 2 is 1.81 bits per heavy atom. The van der Waals surface area contributed by atoms with Crippen molar-refractivity contribution in [3.05, 3.63) is 76.8 Å². The predicted molar refractivity (Wildman–Crippen MR) is 109 cm³/mol. The highest BCUT2D eigenvalue weighted by molar-refractivity contribution is 6.28. The number of hydrogen-bond donors (Lipinski definition) is 1. The average molecular weight is 377 g/mol. The van der Waals surface area contributed by atoms with Crippen molar-refractivity contribution in [3.8, 4) is 5.69 Å². The van der Waals surface area contributed by atoms with E-state index in [1.807, 2.05) is 73.0 Å². The van der Waals surface area contributed by atoms with Gasteiger partial charge in [-0.25, -0.2) is 4.98 Å². The first-order chi connectivity index (χ1) is 13.1. The molecule has 0 atom stereocenters. The van der Waals surface area contributed by atoms with Gasteiger partial charge in [-0.3, -0.25) is 9.99 Å². The number of nitrogens with one attached hydrogen (secondary N) is 1. The smallest absolute Gasteiger partial charge is 0.226 e. The van der Waals surface area contributed by atoms with E-state index in [2.05, 4.69) is 25.5 Å². The van der Waals surface area contributed by atoms with Crippen molar-refractivity contribution in [2.24, 2.45) is 5.10 Å². The van der Waals surface area contributed by atoms with Gasteiger partial charge < -0.3 is 0 Å². The van der Waals surface area contributed by atoms with E-state index in [1.165, 1.54) is 5.56 Å². The van der Waals surface area contributed by atoms with Gasteiger partial charge in [-0.1, -0.05) is 48.0 Å². The van der Waals surface area contributed by atoms with E-state index in [4.69, 9.17) is 11.6 Å². The summed E-state index contributed by atoms with van der Waals surface area (Å²) in [5.74, 6) is 1.25. The van der Waals surface area contributed by atoms with E-state index in [9.17, 15) is 0 Å². The van der Waals surface area contributed by atoms with Crippen LogP contribution in [0, 0.1) is 13.8 Å². The molecule has 4 aromatic rings. The zero-order valence-electron chi connectivity index (χ0n) is 14.9. The molecule has 2 heterocycles. The molecule has 0 aliphatic carbocycles. The Morgan fingerprint density at radius 1 is 1.00 bits per heavy atom. The molecule has 2 aromatic heterocycles. The minimum Gasteiger partial charge on any atom is -0.281 e. The predicted octanol–water partition coefficient (Wildman–Crippen LogP) is 4.53. The summed E-state index contributed by atoms with van der Waals surface area (Å²) in [7, 11) is 0. The first-order valence-corrected chi connectivity index (χ1v) is 8.83. The SMILES string of the molecule is Cc1cccc(/C=N/Nc2nc(Cl)nc3c2nc(C)n3-c2ccccc2)c1. The number of hydrazone groups is 1. The number of aryl methyl sites for hydroxylation is 2. The Morgan fingerprint density at radius 3 is 2.59 bits per heavy atom. The summed E-state index contributed by atoms with van der Waals surface area (Å²) in [5.41, 5.74) is 7.31. The van der Waals surface area contributed by atoms with Crippen molar-refractivity contribution >= 4 is 34.8 Å². The lowest BCUT2D eigenvalue weighted by molar-refractivity contribution is 0.985. The summed E-state index contributed by atoms with van der Waals surface area (Å²) in [5, 5.41) is 4.41. The average Bonchev–Trinajstić information content (AvgIpc) is 2.98. The Hall–Kier alpha value is -3.25. The number of halogens is 1. The quantitative estimate of drug-likeness (QED) is 0.323. The monoisotopic (exact) mass is 376 g/mol. The molecule has 0 aliphatic rings. The lowest BCUT2D eigenvalue weighted by atomic mass is 10.2. The molecule has 7 heteroatoms. The molecule has 27 heavy (non-hydrogen) atoms. The van der Waals surface area contributed by atoms with Gasteiger partial charge in [0.25, 0.3) is 0 Å². The molecule has 134 valence electrons. The van der Waals surface area contributed by atoms with Crippen LogP contribution in [0.3, 0.4) is 0 Å². The van der Waals surface area contributed by atoms with Crippen LogP contribution < -0.4 is 5.43 Å². The number of imidazole rings is 1. The summed E-state index contributed by atoms with van der Waals surface area (Å²) in [4.78, 5) is 13.2. The lowest BCUT2D eigenvalue weighted by Crippen LogP contribution is -2.00. The van der Waals surface area contributed by atoms with Crippen molar-refractivity contribution in [2.75, 3.05) is 5.43 Å². The van der Waals surface area contributed by atoms with E-state index >= 15 is 0 Å². The first-order valence-electron chi connectivity index (χ1n) is 8.45. The Bertz CT molecular complexity index is 1130. The van der Waals surface area contributed by atoms with E-state index in [0.717, 1.165) is 17.1 Å². The van der Waals surface area contributed by atoms with Gasteiger partial charge in [-0.05, 0) is 43.1 Å². The second-order valence-electron chi connectivity index (χ2n) is 6.13. The number of fused-ring (bicyclic) bond motifs is 1. The van der Waals surface area contributed by atoms with Gasteiger partial charge in [-0.2, -0.15) is 15.1 Å². The molecule has 0 aliphatic heterocycles. The minimum atomic E-state index is 0.132. The fraction of sp³-hybridized carbons (Fsp3) is 0.100. The standard InChI is InChI=1S/C20H17ClN6/c1-13-7-6-8-15(11-13)12-22-26-18-17-19(25-20(21)24-18)27(14(2)23-17)16-9-4-3-5-10-16/h3-12H,1-2H3,(H,24,25,26)/b22-12+. The number of para-hydroxylation sites is 1. The number of benzene rings is 2. The molecular weight excluding hydrogens is 360 g/mol. The van der Waals surface area contributed by atoms with E-state index in [-0.39, 0.29) is 5.28 Å². The number of anilines is 1. The summed E-state index contributed by atoms with van der Waals surface area (Å²) in [6.07, 6.45) is 1.73. The Balaban J connectivity index is 1.74. The lowest BCUT2D eigenvalue weighted by Gasteiger charge is -2.06. The largest absolute Gasteiger partial charge is 0.281 e. The maximum atomic E-state index is 6.15. The maximum absolute atomic E-state index is 6.15. The topological polar surface area (TPSA) is 68.0 Å². The second-order valence-corrected chi connectivity index (χ2v) is 6.47. The normalized spacial score (nSPS) is 11.4.